The zero-order valence-corrected chi connectivity index (χ0v) is 15.1. The molecule has 0 radical (unpaired) electrons. The van der Waals surface area contributed by atoms with Crippen molar-refractivity contribution in [3.05, 3.63) is 58.8 Å². The third-order valence-electron chi connectivity index (χ3n) is 4.26. The number of esters is 1. The molecular formula is C20H19NO4S. The predicted octanol–water partition coefficient (Wildman–Crippen LogP) is 3.98. The highest BCUT2D eigenvalue weighted by Gasteiger charge is 2.31. The first-order valence-corrected chi connectivity index (χ1v) is 8.85. The monoisotopic (exact) mass is 369 g/mol. The van der Waals surface area contributed by atoms with Gasteiger partial charge in [-0.05, 0) is 12.0 Å². The zero-order chi connectivity index (χ0) is 18.7. The summed E-state index contributed by atoms with van der Waals surface area (Å²) >= 11 is 5.56. The van der Waals surface area contributed by atoms with E-state index in [-0.39, 0.29) is 35.4 Å². The third-order valence-corrected chi connectivity index (χ3v) is 4.71. The van der Waals surface area contributed by atoms with Gasteiger partial charge in [0.25, 0.3) is 0 Å². The van der Waals surface area contributed by atoms with Gasteiger partial charge in [-0.15, -0.1) is 0 Å². The molecule has 1 aliphatic rings. The fourth-order valence-electron chi connectivity index (χ4n) is 2.86. The highest BCUT2D eigenvalue weighted by Crippen LogP contribution is 2.40. The number of aromatic hydroxyl groups is 2. The molecule has 0 fully saturated rings. The summed E-state index contributed by atoms with van der Waals surface area (Å²) in [5.74, 6) is -1.72. The normalized spacial score (nSPS) is 15.6. The molecule has 1 aromatic carbocycles. The van der Waals surface area contributed by atoms with Crippen molar-refractivity contribution in [3.8, 4) is 11.6 Å². The molecule has 3 rings (SSSR count). The molecule has 0 spiro atoms. The molecule has 0 saturated heterocycles. The Morgan fingerprint density at radius 1 is 1.27 bits per heavy atom. The highest BCUT2D eigenvalue weighted by molar-refractivity contribution is 7.81. The van der Waals surface area contributed by atoms with Crippen LogP contribution in [0.4, 0.5) is 0 Å². The van der Waals surface area contributed by atoms with E-state index in [0.717, 1.165) is 12.0 Å². The molecule has 0 amide bonds. The number of benzene rings is 1. The molecule has 0 saturated carbocycles. The summed E-state index contributed by atoms with van der Waals surface area (Å²) < 4.78 is 5.11. The van der Waals surface area contributed by atoms with Crippen molar-refractivity contribution in [2.75, 3.05) is 6.61 Å². The van der Waals surface area contributed by atoms with Gasteiger partial charge in [-0.25, -0.2) is 9.78 Å². The molecule has 6 heteroatoms. The Balaban J connectivity index is 2.00. The molecular weight excluding hydrogens is 350 g/mol. The van der Waals surface area contributed by atoms with Crippen LogP contribution in [0, 0.1) is 0 Å². The Bertz CT molecular complexity index is 877. The SMILES string of the molecule is CCCCOC(=O)c1nc(O)c2c(c1O)C(=S)C(c1ccccc1)C=C2. The second-order valence-corrected chi connectivity index (χ2v) is 6.46. The number of carbonyl (C=O) groups is 1. The average molecular weight is 369 g/mol. The van der Waals surface area contributed by atoms with E-state index in [0.29, 0.717) is 16.8 Å². The van der Waals surface area contributed by atoms with E-state index in [4.69, 9.17) is 17.0 Å². The lowest BCUT2D eigenvalue weighted by Gasteiger charge is -2.23. The molecule has 2 aromatic rings. The minimum absolute atomic E-state index is 0.227. The number of hydrogen-bond acceptors (Lipinski definition) is 6. The molecule has 2 N–H and O–H groups in total. The van der Waals surface area contributed by atoms with Crippen LogP contribution in [0.2, 0.25) is 0 Å². The van der Waals surface area contributed by atoms with Crippen LogP contribution < -0.4 is 0 Å². The van der Waals surface area contributed by atoms with Crippen molar-refractivity contribution < 1.29 is 19.7 Å². The number of fused-ring (bicyclic) bond motifs is 1. The molecule has 5 nitrogen and oxygen atoms in total. The van der Waals surface area contributed by atoms with Crippen LogP contribution in [0.1, 0.15) is 52.9 Å². The van der Waals surface area contributed by atoms with Crippen molar-refractivity contribution in [2.45, 2.75) is 25.7 Å². The van der Waals surface area contributed by atoms with E-state index in [1.165, 1.54) is 0 Å². The summed E-state index contributed by atoms with van der Waals surface area (Å²) in [5.41, 5.74) is 1.21. The number of thiocarbonyl (C=S) groups is 1. The number of ether oxygens (including phenoxy) is 1. The van der Waals surface area contributed by atoms with Crippen molar-refractivity contribution in [1.82, 2.24) is 4.98 Å². The maximum absolute atomic E-state index is 12.2. The Morgan fingerprint density at radius 2 is 2.00 bits per heavy atom. The number of allylic oxidation sites excluding steroid dienone is 1. The van der Waals surface area contributed by atoms with Crippen molar-refractivity contribution in [2.24, 2.45) is 0 Å². The first kappa shape index (κ1) is 18.1. The molecule has 1 unspecified atom stereocenters. The number of nitrogens with zero attached hydrogens (tertiary/aromatic N) is 1. The van der Waals surface area contributed by atoms with Crippen molar-refractivity contribution >= 4 is 29.1 Å². The quantitative estimate of drug-likeness (QED) is 0.471. The fraction of sp³-hybridized carbons (Fsp3) is 0.250. The van der Waals surface area contributed by atoms with Gasteiger partial charge in [-0.1, -0.05) is 68.0 Å². The maximum Gasteiger partial charge on any atom is 0.360 e. The lowest BCUT2D eigenvalue weighted by molar-refractivity contribution is 0.0488. The molecule has 26 heavy (non-hydrogen) atoms. The van der Waals surface area contributed by atoms with E-state index in [9.17, 15) is 15.0 Å². The standard InChI is InChI=1S/C20H19NO4S/c1-2-3-11-25-20(24)16-17(22)15-14(19(23)21-16)10-9-13(18(15)26)12-7-5-4-6-8-12/h4-10,13,22H,2-3,11H2,1H3,(H,21,23). The number of rotatable bonds is 5. The first-order valence-electron chi connectivity index (χ1n) is 8.45. The van der Waals surface area contributed by atoms with Crippen LogP contribution in [0.5, 0.6) is 11.6 Å². The zero-order valence-electron chi connectivity index (χ0n) is 14.3. The molecule has 0 aliphatic heterocycles. The molecule has 1 aromatic heterocycles. The Hall–Kier alpha value is -2.73. The fourth-order valence-corrected chi connectivity index (χ4v) is 3.28. The topological polar surface area (TPSA) is 79.7 Å². The number of hydrogen-bond donors (Lipinski definition) is 2. The third kappa shape index (κ3) is 3.32. The summed E-state index contributed by atoms with van der Waals surface area (Å²) in [6.07, 6.45) is 5.09. The van der Waals surface area contributed by atoms with E-state index in [1.54, 1.807) is 6.08 Å². The Morgan fingerprint density at radius 3 is 2.69 bits per heavy atom. The van der Waals surface area contributed by atoms with Gasteiger partial charge in [-0.3, -0.25) is 0 Å². The smallest absolute Gasteiger partial charge is 0.360 e. The Kier molecular flexibility index (Phi) is 5.32. The van der Waals surface area contributed by atoms with Gasteiger partial charge in [0.1, 0.15) is 0 Å². The Labute approximate surface area is 157 Å². The minimum Gasteiger partial charge on any atom is -0.505 e. The van der Waals surface area contributed by atoms with Crippen LogP contribution in [0.3, 0.4) is 0 Å². The molecule has 1 heterocycles. The lowest BCUT2D eigenvalue weighted by atomic mass is 9.84. The van der Waals surface area contributed by atoms with Gasteiger partial charge in [0.15, 0.2) is 11.4 Å². The van der Waals surface area contributed by atoms with Gasteiger partial charge in [0.05, 0.1) is 6.61 Å². The molecule has 134 valence electrons. The maximum atomic E-state index is 12.2. The first-order chi connectivity index (χ1) is 12.5. The second kappa shape index (κ2) is 7.66. The minimum atomic E-state index is -0.775. The average Bonchev–Trinajstić information content (AvgIpc) is 2.65. The summed E-state index contributed by atoms with van der Waals surface area (Å²) in [4.78, 5) is 16.5. The van der Waals surface area contributed by atoms with Crippen molar-refractivity contribution in [1.29, 1.82) is 0 Å². The van der Waals surface area contributed by atoms with Gasteiger partial charge in [0.2, 0.25) is 5.88 Å². The van der Waals surface area contributed by atoms with Crippen LogP contribution in [-0.4, -0.2) is 32.6 Å². The summed E-state index contributed by atoms with van der Waals surface area (Å²) in [6.45, 7) is 2.20. The van der Waals surface area contributed by atoms with Crippen LogP contribution in [0.15, 0.2) is 36.4 Å². The van der Waals surface area contributed by atoms with E-state index in [2.05, 4.69) is 4.98 Å². The van der Waals surface area contributed by atoms with Gasteiger partial charge in [-0.2, -0.15) is 0 Å². The van der Waals surface area contributed by atoms with Crippen LogP contribution in [-0.2, 0) is 4.74 Å². The number of carbonyl (C=O) groups excluding carboxylic acids is 1. The highest BCUT2D eigenvalue weighted by atomic mass is 32.1. The number of aromatic nitrogens is 1. The predicted molar refractivity (Wildman–Crippen MR) is 103 cm³/mol. The van der Waals surface area contributed by atoms with E-state index < -0.39 is 5.97 Å². The number of unbranched alkanes of at least 4 members (excludes halogenated alkanes) is 1. The summed E-state index contributed by atoms with van der Waals surface area (Å²) in [7, 11) is 0. The number of pyridine rings is 1. The second-order valence-electron chi connectivity index (χ2n) is 6.02. The largest absolute Gasteiger partial charge is 0.505 e. The van der Waals surface area contributed by atoms with Crippen LogP contribution >= 0.6 is 12.2 Å². The summed E-state index contributed by atoms with van der Waals surface area (Å²) in [5, 5.41) is 20.8. The molecule has 1 aliphatic carbocycles. The molecule has 0 bridgehead atoms. The summed E-state index contributed by atoms with van der Waals surface area (Å²) in [6, 6.07) is 9.59. The van der Waals surface area contributed by atoms with Gasteiger partial charge < -0.3 is 14.9 Å². The van der Waals surface area contributed by atoms with E-state index in [1.807, 2.05) is 43.3 Å². The van der Waals surface area contributed by atoms with E-state index >= 15 is 0 Å². The van der Waals surface area contributed by atoms with Gasteiger partial charge >= 0.3 is 5.97 Å². The van der Waals surface area contributed by atoms with Crippen molar-refractivity contribution in [3.63, 3.8) is 0 Å². The lowest BCUT2D eigenvalue weighted by Crippen LogP contribution is -2.18. The molecule has 1 atom stereocenters. The van der Waals surface area contributed by atoms with Gasteiger partial charge in [0, 0.05) is 21.9 Å². The van der Waals surface area contributed by atoms with Crippen LogP contribution in [0.25, 0.3) is 6.08 Å².